The largest absolute Gasteiger partial charge is 0.412 e. The van der Waals surface area contributed by atoms with E-state index in [0.717, 1.165) is 12.1 Å². The Bertz CT molecular complexity index is 379. The first-order valence-electron chi connectivity index (χ1n) is 6.55. The molecule has 1 rings (SSSR count). The molecule has 1 aromatic heterocycles. The van der Waals surface area contributed by atoms with Crippen molar-refractivity contribution in [1.82, 2.24) is 4.98 Å². The maximum Gasteiger partial charge on any atom is 0.192 e. The summed E-state index contributed by atoms with van der Waals surface area (Å²) in [6.07, 6.45) is 2.62. The zero-order valence-corrected chi connectivity index (χ0v) is 13.8. The standard InChI is InChI=1S/C15H26NOSi/c1-14(2,3)18(6,7)17-15(4,5)12-13-10-8-9-11-16-13/h8-9,11H,12H2,1-7H3. The Balaban J connectivity index is 2.77. The van der Waals surface area contributed by atoms with Crippen LogP contribution in [0.5, 0.6) is 0 Å². The molecule has 0 saturated heterocycles. The van der Waals surface area contributed by atoms with Crippen molar-refractivity contribution in [1.29, 1.82) is 0 Å². The lowest BCUT2D eigenvalue weighted by molar-refractivity contribution is 0.0909. The minimum atomic E-state index is -1.74. The van der Waals surface area contributed by atoms with Crippen molar-refractivity contribution in [3.63, 3.8) is 0 Å². The highest BCUT2D eigenvalue weighted by Crippen LogP contribution is 2.39. The van der Waals surface area contributed by atoms with Gasteiger partial charge in [0, 0.05) is 18.7 Å². The summed E-state index contributed by atoms with van der Waals surface area (Å²) in [5.41, 5.74) is 0.787. The van der Waals surface area contributed by atoms with Gasteiger partial charge in [-0.1, -0.05) is 26.8 Å². The molecular weight excluding hydrogens is 238 g/mol. The van der Waals surface area contributed by atoms with Crippen molar-refractivity contribution >= 4 is 8.32 Å². The number of rotatable bonds is 4. The highest BCUT2D eigenvalue weighted by Gasteiger charge is 2.41. The third kappa shape index (κ3) is 4.21. The lowest BCUT2D eigenvalue weighted by atomic mass is 10.0. The van der Waals surface area contributed by atoms with Crippen LogP contribution in [-0.4, -0.2) is 18.9 Å². The summed E-state index contributed by atoms with van der Waals surface area (Å²) in [5.74, 6) is 0. The monoisotopic (exact) mass is 264 g/mol. The predicted octanol–water partition coefficient (Wildman–Crippen LogP) is 4.22. The van der Waals surface area contributed by atoms with Crippen LogP contribution >= 0.6 is 0 Å². The van der Waals surface area contributed by atoms with E-state index in [0.29, 0.717) is 0 Å². The van der Waals surface area contributed by atoms with Crippen LogP contribution in [0.15, 0.2) is 18.3 Å². The molecule has 101 valence electrons. The van der Waals surface area contributed by atoms with Gasteiger partial charge in [-0.2, -0.15) is 0 Å². The summed E-state index contributed by atoms with van der Waals surface area (Å²) in [4.78, 5) is 4.34. The highest BCUT2D eigenvalue weighted by molar-refractivity contribution is 6.74. The van der Waals surface area contributed by atoms with Crippen molar-refractivity contribution < 1.29 is 4.43 Å². The third-order valence-corrected chi connectivity index (χ3v) is 8.27. The van der Waals surface area contributed by atoms with E-state index in [1.807, 2.05) is 18.3 Å². The molecule has 0 amide bonds. The van der Waals surface area contributed by atoms with Crippen LogP contribution in [0.25, 0.3) is 0 Å². The lowest BCUT2D eigenvalue weighted by Crippen LogP contribution is -2.48. The minimum absolute atomic E-state index is 0.187. The number of hydrogen-bond acceptors (Lipinski definition) is 2. The van der Waals surface area contributed by atoms with Crippen molar-refractivity contribution in [2.75, 3.05) is 0 Å². The zero-order chi connectivity index (χ0) is 14.0. The van der Waals surface area contributed by atoms with Gasteiger partial charge in [0.05, 0.1) is 11.3 Å². The molecule has 0 unspecified atom stereocenters. The van der Waals surface area contributed by atoms with E-state index in [2.05, 4.69) is 58.8 Å². The Morgan fingerprint density at radius 2 is 1.83 bits per heavy atom. The van der Waals surface area contributed by atoms with Crippen LogP contribution in [0, 0.1) is 6.07 Å². The van der Waals surface area contributed by atoms with Gasteiger partial charge in [-0.3, -0.25) is 4.98 Å². The average Bonchev–Trinajstić information content (AvgIpc) is 2.14. The zero-order valence-electron chi connectivity index (χ0n) is 12.8. The van der Waals surface area contributed by atoms with Gasteiger partial charge in [-0.25, -0.2) is 0 Å². The van der Waals surface area contributed by atoms with Crippen molar-refractivity contribution in [2.24, 2.45) is 0 Å². The van der Waals surface area contributed by atoms with Crippen LogP contribution in [-0.2, 0) is 10.8 Å². The second kappa shape index (κ2) is 5.14. The first kappa shape index (κ1) is 15.4. The van der Waals surface area contributed by atoms with E-state index >= 15 is 0 Å². The number of nitrogens with zero attached hydrogens (tertiary/aromatic N) is 1. The third-order valence-electron chi connectivity index (χ3n) is 3.59. The molecule has 0 bridgehead atoms. The van der Waals surface area contributed by atoms with E-state index in [4.69, 9.17) is 4.43 Å². The normalized spacial score (nSPS) is 13.7. The highest BCUT2D eigenvalue weighted by atomic mass is 28.4. The average molecular weight is 264 g/mol. The Kier molecular flexibility index (Phi) is 4.39. The molecule has 18 heavy (non-hydrogen) atoms. The fourth-order valence-electron chi connectivity index (χ4n) is 1.74. The van der Waals surface area contributed by atoms with Gasteiger partial charge in [0.1, 0.15) is 0 Å². The first-order chi connectivity index (χ1) is 8.04. The second-order valence-corrected chi connectivity index (χ2v) is 11.8. The van der Waals surface area contributed by atoms with Crippen LogP contribution < -0.4 is 0 Å². The van der Waals surface area contributed by atoms with Gasteiger partial charge in [-0.15, -0.1) is 0 Å². The van der Waals surface area contributed by atoms with Crippen LogP contribution in [0.3, 0.4) is 0 Å². The molecule has 1 aromatic rings. The van der Waals surface area contributed by atoms with E-state index in [1.54, 1.807) is 0 Å². The Morgan fingerprint density at radius 3 is 2.28 bits per heavy atom. The van der Waals surface area contributed by atoms with Gasteiger partial charge in [0.25, 0.3) is 0 Å². The predicted molar refractivity (Wildman–Crippen MR) is 79.1 cm³/mol. The number of pyridine rings is 1. The first-order valence-corrected chi connectivity index (χ1v) is 9.46. The summed E-state index contributed by atoms with van der Waals surface area (Å²) >= 11 is 0. The van der Waals surface area contributed by atoms with E-state index in [-0.39, 0.29) is 10.6 Å². The molecule has 0 saturated carbocycles. The molecule has 1 radical (unpaired) electrons. The van der Waals surface area contributed by atoms with E-state index in [1.165, 1.54) is 0 Å². The molecule has 0 aromatic carbocycles. The van der Waals surface area contributed by atoms with Crippen LogP contribution in [0.2, 0.25) is 18.1 Å². The lowest BCUT2D eigenvalue weighted by Gasteiger charge is -2.42. The Morgan fingerprint density at radius 1 is 1.22 bits per heavy atom. The molecular formula is C15H26NOSi. The van der Waals surface area contributed by atoms with Crippen molar-refractivity contribution in [3.05, 3.63) is 30.1 Å². The minimum Gasteiger partial charge on any atom is -0.412 e. The van der Waals surface area contributed by atoms with Gasteiger partial charge < -0.3 is 4.43 Å². The van der Waals surface area contributed by atoms with E-state index in [9.17, 15) is 0 Å². The van der Waals surface area contributed by atoms with Gasteiger partial charge in [-0.05, 0) is 38.0 Å². The smallest absolute Gasteiger partial charge is 0.192 e. The molecule has 3 heteroatoms. The summed E-state index contributed by atoms with van der Waals surface area (Å²) in [5, 5.41) is 0.234. The van der Waals surface area contributed by atoms with Gasteiger partial charge in [0.2, 0.25) is 0 Å². The van der Waals surface area contributed by atoms with Gasteiger partial charge >= 0.3 is 0 Å². The fourth-order valence-corrected chi connectivity index (χ4v) is 3.50. The molecule has 2 nitrogen and oxygen atoms in total. The molecule has 0 aliphatic heterocycles. The van der Waals surface area contributed by atoms with Gasteiger partial charge in [0.15, 0.2) is 8.32 Å². The summed E-state index contributed by atoms with van der Waals surface area (Å²) in [6.45, 7) is 15.7. The van der Waals surface area contributed by atoms with E-state index < -0.39 is 8.32 Å². The van der Waals surface area contributed by atoms with Crippen molar-refractivity contribution in [2.45, 2.75) is 64.8 Å². The topological polar surface area (TPSA) is 22.1 Å². The van der Waals surface area contributed by atoms with Crippen molar-refractivity contribution in [3.8, 4) is 0 Å². The SMILES string of the molecule is CC(C)(Cc1[c]cccn1)O[Si](C)(C)C(C)(C)C. The summed E-state index contributed by atoms with van der Waals surface area (Å²) in [6, 6.07) is 6.97. The molecule has 0 atom stereocenters. The maximum atomic E-state index is 6.47. The number of aromatic nitrogens is 1. The maximum absolute atomic E-state index is 6.47. The summed E-state index contributed by atoms with van der Waals surface area (Å²) < 4.78 is 6.47. The molecule has 0 fully saturated rings. The summed E-state index contributed by atoms with van der Waals surface area (Å²) in [7, 11) is -1.74. The molecule has 1 heterocycles. The molecule has 0 aliphatic rings. The van der Waals surface area contributed by atoms with Crippen LogP contribution in [0.1, 0.15) is 40.3 Å². The fraction of sp³-hybridized carbons (Fsp3) is 0.667. The Hall–Kier alpha value is -0.673. The molecule has 0 N–H and O–H groups in total. The molecule has 0 spiro atoms. The second-order valence-electron chi connectivity index (χ2n) is 7.03. The quantitative estimate of drug-likeness (QED) is 0.759. The Labute approximate surface area is 113 Å². The number of hydrogen-bond donors (Lipinski definition) is 0. The van der Waals surface area contributed by atoms with Crippen LogP contribution in [0.4, 0.5) is 0 Å². The molecule has 0 aliphatic carbocycles.